The summed E-state index contributed by atoms with van der Waals surface area (Å²) in [5, 5.41) is 3.85. The molecule has 0 fully saturated rings. The molecule has 0 unspecified atom stereocenters. The number of alkyl halides is 1. The number of aromatic nitrogens is 2. The zero-order valence-electron chi connectivity index (χ0n) is 11.5. The molecule has 0 saturated carbocycles. The number of benzene rings is 2. The Bertz CT molecular complexity index is 843. The van der Waals surface area contributed by atoms with E-state index in [1.165, 1.54) is 0 Å². The maximum absolute atomic E-state index is 12.4. The lowest BCUT2D eigenvalue weighted by molar-refractivity contribution is 0.960. The van der Waals surface area contributed by atoms with Crippen molar-refractivity contribution in [3.8, 4) is 5.69 Å². The third kappa shape index (κ3) is 2.38. The summed E-state index contributed by atoms with van der Waals surface area (Å²) >= 11 is 5.92. The van der Waals surface area contributed by atoms with E-state index in [9.17, 15) is 4.79 Å². The van der Waals surface area contributed by atoms with Gasteiger partial charge in [0.2, 0.25) is 0 Å². The van der Waals surface area contributed by atoms with Crippen LogP contribution in [0, 0.1) is 0 Å². The van der Waals surface area contributed by atoms with E-state index in [1.807, 2.05) is 48.5 Å². The Morgan fingerprint density at radius 1 is 1.19 bits per heavy atom. The van der Waals surface area contributed by atoms with Crippen molar-refractivity contribution in [1.29, 1.82) is 0 Å². The zero-order valence-corrected chi connectivity index (χ0v) is 12.3. The van der Waals surface area contributed by atoms with Gasteiger partial charge in [0.1, 0.15) is 5.82 Å². The molecule has 0 aliphatic carbocycles. The standard InChI is InChI=1S/C16H14ClN3O/c1-18-15-13-8-7-11(10-17)9-14(13)20(16(21)19-15)12-5-3-2-4-6-12/h2-9H,10H2,1H3,(H,18,19,21). The van der Waals surface area contributed by atoms with Crippen LogP contribution in [-0.4, -0.2) is 16.6 Å². The third-order valence-electron chi connectivity index (χ3n) is 3.36. The second-order valence-electron chi connectivity index (χ2n) is 4.65. The first-order valence-corrected chi connectivity index (χ1v) is 7.13. The van der Waals surface area contributed by atoms with E-state index in [-0.39, 0.29) is 5.69 Å². The smallest absolute Gasteiger partial charge is 0.354 e. The zero-order chi connectivity index (χ0) is 14.8. The second-order valence-corrected chi connectivity index (χ2v) is 4.92. The number of nitrogens with one attached hydrogen (secondary N) is 1. The molecule has 106 valence electrons. The molecule has 0 amide bonds. The van der Waals surface area contributed by atoms with Crippen LogP contribution in [0.4, 0.5) is 5.82 Å². The fraction of sp³-hybridized carbons (Fsp3) is 0.125. The summed E-state index contributed by atoms with van der Waals surface area (Å²) in [4.78, 5) is 16.5. The van der Waals surface area contributed by atoms with Crippen LogP contribution in [0.15, 0.2) is 53.3 Å². The van der Waals surface area contributed by atoms with Gasteiger partial charge in [-0.1, -0.05) is 24.3 Å². The average Bonchev–Trinajstić information content (AvgIpc) is 2.54. The number of hydrogen-bond acceptors (Lipinski definition) is 3. The molecule has 5 heteroatoms. The van der Waals surface area contributed by atoms with Crippen molar-refractivity contribution in [2.24, 2.45) is 0 Å². The fourth-order valence-electron chi connectivity index (χ4n) is 2.37. The van der Waals surface area contributed by atoms with Gasteiger partial charge in [-0.25, -0.2) is 4.79 Å². The van der Waals surface area contributed by atoms with E-state index in [1.54, 1.807) is 11.6 Å². The van der Waals surface area contributed by atoms with Crippen LogP contribution < -0.4 is 11.0 Å². The van der Waals surface area contributed by atoms with Crippen LogP contribution >= 0.6 is 11.6 Å². The topological polar surface area (TPSA) is 46.9 Å². The van der Waals surface area contributed by atoms with Crippen molar-refractivity contribution >= 4 is 28.3 Å². The first kappa shape index (κ1) is 13.6. The van der Waals surface area contributed by atoms with E-state index in [0.717, 1.165) is 22.2 Å². The molecule has 0 radical (unpaired) electrons. The molecule has 0 aliphatic rings. The van der Waals surface area contributed by atoms with Gasteiger partial charge in [0.05, 0.1) is 11.2 Å². The van der Waals surface area contributed by atoms with Gasteiger partial charge in [0.25, 0.3) is 0 Å². The summed E-state index contributed by atoms with van der Waals surface area (Å²) in [5.74, 6) is 0.971. The number of hydrogen-bond donors (Lipinski definition) is 1. The minimum atomic E-state index is -0.315. The molecular formula is C16H14ClN3O. The van der Waals surface area contributed by atoms with Crippen LogP contribution in [0.2, 0.25) is 0 Å². The highest BCUT2D eigenvalue weighted by Gasteiger charge is 2.11. The van der Waals surface area contributed by atoms with Crippen LogP contribution in [0.5, 0.6) is 0 Å². The molecule has 0 bridgehead atoms. The van der Waals surface area contributed by atoms with Crippen molar-refractivity contribution in [2.45, 2.75) is 5.88 Å². The normalized spacial score (nSPS) is 10.8. The second kappa shape index (κ2) is 5.58. The van der Waals surface area contributed by atoms with Gasteiger partial charge in [0, 0.05) is 18.3 Å². The van der Waals surface area contributed by atoms with Gasteiger partial charge in [-0.3, -0.25) is 4.57 Å². The van der Waals surface area contributed by atoms with E-state index >= 15 is 0 Å². The van der Waals surface area contributed by atoms with Crippen LogP contribution in [0.25, 0.3) is 16.6 Å². The number of para-hydroxylation sites is 1. The van der Waals surface area contributed by atoms with Crippen molar-refractivity contribution in [2.75, 3.05) is 12.4 Å². The largest absolute Gasteiger partial charge is 0.372 e. The van der Waals surface area contributed by atoms with Crippen molar-refractivity contribution in [1.82, 2.24) is 9.55 Å². The molecule has 1 aromatic heterocycles. The Labute approximate surface area is 127 Å². The lowest BCUT2D eigenvalue weighted by atomic mass is 10.1. The molecule has 1 N–H and O–H groups in total. The van der Waals surface area contributed by atoms with Crippen molar-refractivity contribution in [3.63, 3.8) is 0 Å². The van der Waals surface area contributed by atoms with E-state index in [4.69, 9.17) is 11.6 Å². The highest BCUT2D eigenvalue weighted by molar-refractivity contribution is 6.17. The van der Waals surface area contributed by atoms with Crippen LogP contribution in [0.3, 0.4) is 0 Å². The number of halogens is 1. The molecule has 3 rings (SSSR count). The van der Waals surface area contributed by atoms with Crippen molar-refractivity contribution in [3.05, 3.63) is 64.6 Å². The summed E-state index contributed by atoms with van der Waals surface area (Å²) in [6, 6.07) is 15.3. The maximum atomic E-state index is 12.4. The molecule has 2 aromatic carbocycles. The third-order valence-corrected chi connectivity index (χ3v) is 3.67. The molecule has 0 spiro atoms. The Balaban J connectivity index is 2.43. The molecular weight excluding hydrogens is 286 g/mol. The number of anilines is 1. The summed E-state index contributed by atoms with van der Waals surface area (Å²) in [7, 11) is 1.75. The first-order valence-electron chi connectivity index (χ1n) is 6.59. The highest BCUT2D eigenvalue weighted by atomic mass is 35.5. The van der Waals surface area contributed by atoms with E-state index < -0.39 is 0 Å². The average molecular weight is 300 g/mol. The molecule has 0 atom stereocenters. The van der Waals surface area contributed by atoms with Gasteiger partial charge in [-0.2, -0.15) is 4.98 Å². The maximum Gasteiger partial charge on any atom is 0.354 e. The summed E-state index contributed by atoms with van der Waals surface area (Å²) in [6.45, 7) is 0. The van der Waals surface area contributed by atoms with Crippen LogP contribution in [-0.2, 0) is 5.88 Å². The minimum Gasteiger partial charge on any atom is -0.372 e. The van der Waals surface area contributed by atoms with E-state index in [0.29, 0.717) is 11.7 Å². The SMILES string of the molecule is CNc1nc(=O)n(-c2ccccc2)c2cc(CCl)ccc12. The lowest BCUT2D eigenvalue weighted by Crippen LogP contribution is -2.23. The Morgan fingerprint density at radius 2 is 1.95 bits per heavy atom. The highest BCUT2D eigenvalue weighted by Crippen LogP contribution is 2.23. The molecule has 1 heterocycles. The molecule has 4 nitrogen and oxygen atoms in total. The van der Waals surface area contributed by atoms with Gasteiger partial charge in [-0.15, -0.1) is 11.6 Å². The van der Waals surface area contributed by atoms with Gasteiger partial charge in [-0.05, 0) is 29.8 Å². The summed E-state index contributed by atoms with van der Waals surface area (Å²) in [5.41, 5.74) is 2.23. The predicted octanol–water partition coefficient (Wildman–Crippen LogP) is 3.17. The number of rotatable bonds is 3. The van der Waals surface area contributed by atoms with Gasteiger partial charge >= 0.3 is 5.69 Å². The van der Waals surface area contributed by atoms with Crippen LogP contribution in [0.1, 0.15) is 5.56 Å². The predicted molar refractivity (Wildman–Crippen MR) is 86.4 cm³/mol. The molecule has 21 heavy (non-hydrogen) atoms. The number of nitrogens with zero attached hydrogens (tertiary/aromatic N) is 2. The minimum absolute atomic E-state index is 0.315. The Morgan fingerprint density at radius 3 is 2.62 bits per heavy atom. The Kier molecular flexibility index (Phi) is 3.62. The Hall–Kier alpha value is -2.33. The fourth-order valence-corrected chi connectivity index (χ4v) is 2.54. The lowest BCUT2D eigenvalue weighted by Gasteiger charge is -2.13. The molecule has 3 aromatic rings. The van der Waals surface area contributed by atoms with Crippen molar-refractivity contribution < 1.29 is 0 Å². The van der Waals surface area contributed by atoms with E-state index in [2.05, 4.69) is 10.3 Å². The molecule has 0 saturated heterocycles. The van der Waals surface area contributed by atoms with Gasteiger partial charge in [0.15, 0.2) is 0 Å². The monoisotopic (exact) mass is 299 g/mol. The molecule has 0 aliphatic heterocycles. The summed E-state index contributed by atoms with van der Waals surface area (Å²) in [6.07, 6.45) is 0. The quantitative estimate of drug-likeness (QED) is 0.756. The first-order chi connectivity index (χ1) is 10.2. The summed E-state index contributed by atoms with van der Waals surface area (Å²) < 4.78 is 1.60. The van der Waals surface area contributed by atoms with Gasteiger partial charge < -0.3 is 5.32 Å². The number of fused-ring (bicyclic) bond motifs is 1.